The lowest BCUT2D eigenvalue weighted by atomic mass is 10.1. The molecule has 350 valence electrons. The van der Waals surface area contributed by atoms with Crippen LogP contribution in [-0.2, 0) is 23.8 Å². The van der Waals surface area contributed by atoms with Crippen LogP contribution in [0.1, 0.15) is 201 Å². The number of hydrogen-bond acceptors (Lipinski definition) is 5. The van der Waals surface area contributed by atoms with Crippen molar-refractivity contribution >= 4 is 11.9 Å². The number of esters is 2. The highest BCUT2D eigenvalue weighted by Gasteiger charge is 2.17. The Kier molecular flexibility index (Phi) is 48.6. The molecular formula is C57H92O5. The lowest BCUT2D eigenvalue weighted by Gasteiger charge is -2.18. The zero-order valence-corrected chi connectivity index (χ0v) is 40.1. The topological polar surface area (TPSA) is 61.8 Å². The number of carbonyl (C=O) groups excluding carboxylic acids is 2. The summed E-state index contributed by atoms with van der Waals surface area (Å²) >= 11 is 0. The third-order valence-electron chi connectivity index (χ3n) is 10.0. The fourth-order valence-corrected chi connectivity index (χ4v) is 6.35. The van der Waals surface area contributed by atoms with E-state index in [1.165, 1.54) is 57.8 Å². The van der Waals surface area contributed by atoms with Crippen LogP contribution in [-0.4, -0.2) is 37.9 Å². The quantitative estimate of drug-likeness (QED) is 0.0347. The van der Waals surface area contributed by atoms with E-state index in [-0.39, 0.29) is 25.2 Å². The lowest BCUT2D eigenvalue weighted by molar-refractivity contribution is -0.162. The lowest BCUT2D eigenvalue weighted by Crippen LogP contribution is -2.30. The van der Waals surface area contributed by atoms with E-state index in [1.54, 1.807) is 0 Å². The average molecular weight is 857 g/mol. The second-order valence-corrected chi connectivity index (χ2v) is 16.0. The minimum Gasteiger partial charge on any atom is -0.462 e. The zero-order valence-electron chi connectivity index (χ0n) is 40.1. The van der Waals surface area contributed by atoms with Crippen molar-refractivity contribution in [2.24, 2.45) is 0 Å². The van der Waals surface area contributed by atoms with E-state index in [9.17, 15) is 9.59 Å². The van der Waals surface area contributed by atoms with E-state index >= 15 is 0 Å². The van der Waals surface area contributed by atoms with Crippen molar-refractivity contribution in [1.29, 1.82) is 0 Å². The largest absolute Gasteiger partial charge is 0.462 e. The molecule has 0 bridgehead atoms. The number of carbonyl (C=O) groups is 2. The van der Waals surface area contributed by atoms with E-state index in [0.29, 0.717) is 25.9 Å². The second kappa shape index (κ2) is 51.6. The molecule has 0 aromatic rings. The number of allylic oxidation sites excluding steroid dienone is 20. The van der Waals surface area contributed by atoms with E-state index < -0.39 is 6.10 Å². The molecule has 0 saturated carbocycles. The summed E-state index contributed by atoms with van der Waals surface area (Å²) in [5.74, 6) is -0.515. The summed E-state index contributed by atoms with van der Waals surface area (Å²) in [6, 6.07) is 0. The predicted molar refractivity (Wildman–Crippen MR) is 269 cm³/mol. The fourth-order valence-electron chi connectivity index (χ4n) is 6.35. The Labute approximate surface area is 382 Å². The van der Waals surface area contributed by atoms with Crippen molar-refractivity contribution in [3.63, 3.8) is 0 Å². The summed E-state index contributed by atoms with van der Waals surface area (Å²) in [5.41, 5.74) is 0. The van der Waals surface area contributed by atoms with Gasteiger partial charge >= 0.3 is 11.9 Å². The van der Waals surface area contributed by atoms with Gasteiger partial charge in [0, 0.05) is 19.4 Å². The van der Waals surface area contributed by atoms with Crippen molar-refractivity contribution in [3.05, 3.63) is 122 Å². The van der Waals surface area contributed by atoms with Gasteiger partial charge in [0.05, 0.1) is 6.61 Å². The molecule has 5 heteroatoms. The SMILES string of the molecule is CC/C=C\C/C=C\C/C=C\C/C=C\C/C=C\C/C=C\CCC(=O)OCC(COCCCCCCCCC/C=C\C/C=C\C/C=C\C/C=C\CC)OC(=O)CCCCCCCCC. The molecule has 5 nitrogen and oxygen atoms in total. The van der Waals surface area contributed by atoms with E-state index in [1.807, 2.05) is 6.08 Å². The highest BCUT2D eigenvalue weighted by atomic mass is 16.6. The van der Waals surface area contributed by atoms with Gasteiger partial charge in [0.25, 0.3) is 0 Å². The summed E-state index contributed by atoms with van der Waals surface area (Å²) in [6.07, 6.45) is 72.3. The Morgan fingerprint density at radius 3 is 1.23 bits per heavy atom. The molecule has 0 rings (SSSR count). The van der Waals surface area contributed by atoms with Crippen molar-refractivity contribution in [3.8, 4) is 0 Å². The molecule has 0 aromatic carbocycles. The Hall–Kier alpha value is -3.70. The Morgan fingerprint density at radius 2 is 0.758 bits per heavy atom. The maximum absolute atomic E-state index is 12.7. The molecule has 0 aliphatic rings. The third kappa shape index (κ3) is 49.0. The first-order valence-electron chi connectivity index (χ1n) is 25.1. The number of unbranched alkanes of at least 4 members (excludes halogenated alkanes) is 13. The van der Waals surface area contributed by atoms with Gasteiger partial charge in [0.1, 0.15) is 6.61 Å². The van der Waals surface area contributed by atoms with Crippen LogP contribution in [0.5, 0.6) is 0 Å². The Morgan fingerprint density at radius 1 is 0.371 bits per heavy atom. The highest BCUT2D eigenvalue weighted by Crippen LogP contribution is 2.12. The first kappa shape index (κ1) is 58.3. The predicted octanol–water partition coefficient (Wildman–Crippen LogP) is 17.0. The number of rotatable bonds is 44. The van der Waals surface area contributed by atoms with Crippen LogP contribution >= 0.6 is 0 Å². The van der Waals surface area contributed by atoms with Gasteiger partial charge in [0.15, 0.2) is 6.10 Å². The van der Waals surface area contributed by atoms with Crippen LogP contribution < -0.4 is 0 Å². The summed E-state index contributed by atoms with van der Waals surface area (Å²) in [6.45, 7) is 7.44. The van der Waals surface area contributed by atoms with Crippen molar-refractivity contribution in [1.82, 2.24) is 0 Å². The molecule has 0 amide bonds. The van der Waals surface area contributed by atoms with Crippen LogP contribution in [0.25, 0.3) is 0 Å². The molecule has 0 radical (unpaired) electrons. The third-order valence-corrected chi connectivity index (χ3v) is 10.0. The molecule has 0 spiro atoms. The maximum Gasteiger partial charge on any atom is 0.306 e. The molecule has 1 unspecified atom stereocenters. The number of ether oxygens (including phenoxy) is 3. The minimum atomic E-state index is -0.577. The first-order chi connectivity index (χ1) is 30.6. The minimum absolute atomic E-state index is 0.0340. The van der Waals surface area contributed by atoms with Crippen LogP contribution in [0.2, 0.25) is 0 Å². The monoisotopic (exact) mass is 857 g/mol. The van der Waals surface area contributed by atoms with E-state index in [4.69, 9.17) is 14.2 Å². The number of hydrogen-bond donors (Lipinski definition) is 0. The molecule has 1 atom stereocenters. The Balaban J connectivity index is 4.28. The zero-order chi connectivity index (χ0) is 44.9. The average Bonchev–Trinajstić information content (AvgIpc) is 3.27. The van der Waals surface area contributed by atoms with Crippen LogP contribution in [0, 0.1) is 0 Å². The van der Waals surface area contributed by atoms with E-state index in [2.05, 4.69) is 136 Å². The first-order valence-corrected chi connectivity index (χ1v) is 25.1. The molecule has 62 heavy (non-hydrogen) atoms. The molecule has 0 heterocycles. The molecule has 0 N–H and O–H groups in total. The Bertz CT molecular complexity index is 1290. The summed E-state index contributed by atoms with van der Waals surface area (Å²) in [4.78, 5) is 25.2. The maximum atomic E-state index is 12.7. The summed E-state index contributed by atoms with van der Waals surface area (Å²) < 4.78 is 17.2. The molecule has 0 saturated heterocycles. The summed E-state index contributed by atoms with van der Waals surface area (Å²) in [5, 5.41) is 0. The standard InChI is InChI=1S/C57H92O5/c1-4-7-10-13-16-18-20-22-24-26-28-30-32-34-36-38-40-43-46-49-52-60-53-55(62-57(59)51-48-45-41-15-12-9-6-3)54-61-56(58)50-47-44-42-39-37-35-33-31-29-27-25-23-21-19-17-14-11-8-5-2/h7-8,10-11,16-19,22-25,28-31,35,37,42,44,55H,4-6,9,12-15,20-21,26-27,32-34,36,38-41,43,45-54H2,1-3H3/b10-7-,11-8-,18-16-,19-17-,24-22-,25-23-,30-28-,31-29-,37-35-,44-42-. The molecule has 0 aliphatic heterocycles. The van der Waals surface area contributed by atoms with Gasteiger partial charge in [-0.3, -0.25) is 9.59 Å². The van der Waals surface area contributed by atoms with Gasteiger partial charge in [0.2, 0.25) is 0 Å². The van der Waals surface area contributed by atoms with Gasteiger partial charge in [-0.1, -0.05) is 213 Å². The normalized spacial score (nSPS) is 13.3. The second-order valence-electron chi connectivity index (χ2n) is 16.0. The fraction of sp³-hybridized carbons (Fsp3) is 0.614. The van der Waals surface area contributed by atoms with Gasteiger partial charge in [-0.15, -0.1) is 0 Å². The molecule has 0 fully saturated rings. The van der Waals surface area contributed by atoms with Crippen LogP contribution in [0.4, 0.5) is 0 Å². The summed E-state index contributed by atoms with van der Waals surface area (Å²) in [7, 11) is 0. The van der Waals surface area contributed by atoms with E-state index in [0.717, 1.165) is 103 Å². The van der Waals surface area contributed by atoms with Crippen molar-refractivity contribution in [2.75, 3.05) is 19.8 Å². The van der Waals surface area contributed by atoms with Gasteiger partial charge in [-0.25, -0.2) is 0 Å². The van der Waals surface area contributed by atoms with Crippen molar-refractivity contribution in [2.45, 2.75) is 207 Å². The smallest absolute Gasteiger partial charge is 0.306 e. The van der Waals surface area contributed by atoms with Crippen LogP contribution in [0.15, 0.2) is 122 Å². The van der Waals surface area contributed by atoms with Crippen LogP contribution in [0.3, 0.4) is 0 Å². The van der Waals surface area contributed by atoms with Crippen molar-refractivity contribution < 1.29 is 23.8 Å². The molecule has 0 aliphatic carbocycles. The van der Waals surface area contributed by atoms with Gasteiger partial charge in [-0.2, -0.15) is 0 Å². The molecular weight excluding hydrogens is 765 g/mol. The van der Waals surface area contributed by atoms with Gasteiger partial charge < -0.3 is 14.2 Å². The van der Waals surface area contributed by atoms with Gasteiger partial charge in [-0.05, 0) is 96.3 Å². The molecule has 0 aromatic heterocycles. The highest BCUT2D eigenvalue weighted by molar-refractivity contribution is 5.70.